The molecule has 0 aliphatic carbocycles. The van der Waals surface area contributed by atoms with Gasteiger partial charge in [0.05, 0.1) is 4.92 Å². The van der Waals surface area contributed by atoms with E-state index in [1.165, 1.54) is 0 Å². The lowest BCUT2D eigenvalue weighted by Gasteiger charge is -2.00. The fraction of sp³-hybridized carbons (Fsp3) is 0. The molecule has 8 heteroatoms. The molecular formula is C6Cl3N3O2. The van der Waals surface area contributed by atoms with Gasteiger partial charge in [-0.2, -0.15) is 5.26 Å². The first-order valence-corrected chi connectivity index (χ1v) is 4.21. The summed E-state index contributed by atoms with van der Waals surface area (Å²) in [4.78, 5) is 13.2. The fourth-order valence-electron chi connectivity index (χ4n) is 0.737. The van der Waals surface area contributed by atoms with Crippen LogP contribution in [0.3, 0.4) is 0 Å². The normalized spacial score (nSPS) is 9.57. The van der Waals surface area contributed by atoms with Gasteiger partial charge < -0.3 is 0 Å². The van der Waals surface area contributed by atoms with Gasteiger partial charge in [0.1, 0.15) is 6.07 Å². The van der Waals surface area contributed by atoms with E-state index in [4.69, 9.17) is 40.1 Å². The largest absolute Gasteiger partial charge is 0.312 e. The predicted molar refractivity (Wildman–Crippen MR) is 50.6 cm³/mol. The average molecular weight is 252 g/mol. The van der Waals surface area contributed by atoms with Crippen LogP contribution in [-0.4, -0.2) is 9.91 Å². The molecule has 1 aromatic rings. The zero-order valence-corrected chi connectivity index (χ0v) is 8.56. The van der Waals surface area contributed by atoms with Crippen molar-refractivity contribution in [1.82, 2.24) is 4.98 Å². The minimum atomic E-state index is -0.820. The Morgan fingerprint density at radius 3 is 2.36 bits per heavy atom. The van der Waals surface area contributed by atoms with Gasteiger partial charge in [-0.3, -0.25) is 10.1 Å². The Hall–Kier alpha value is -1.09. The topological polar surface area (TPSA) is 79.8 Å². The quantitative estimate of drug-likeness (QED) is 0.437. The second kappa shape index (κ2) is 3.96. The van der Waals surface area contributed by atoms with Gasteiger partial charge in [0.2, 0.25) is 0 Å². The summed E-state index contributed by atoms with van der Waals surface area (Å²) in [5, 5.41) is 17.9. The lowest BCUT2D eigenvalue weighted by molar-refractivity contribution is -0.384. The Balaban J connectivity index is 3.63. The summed E-state index contributed by atoms with van der Waals surface area (Å²) in [5.74, 6) is 0. The first-order valence-electron chi connectivity index (χ1n) is 3.08. The second-order valence-electron chi connectivity index (χ2n) is 2.10. The molecule has 0 saturated heterocycles. The van der Waals surface area contributed by atoms with Crippen molar-refractivity contribution in [3.63, 3.8) is 0 Å². The Labute approximate surface area is 93.0 Å². The molecule has 0 fully saturated rings. The monoisotopic (exact) mass is 251 g/mol. The summed E-state index contributed by atoms with van der Waals surface area (Å²) in [5.41, 5.74) is -0.933. The number of nitriles is 1. The highest BCUT2D eigenvalue weighted by Crippen LogP contribution is 2.37. The Bertz CT molecular complexity index is 455. The molecule has 1 aromatic heterocycles. The maximum absolute atomic E-state index is 10.5. The van der Waals surface area contributed by atoms with Crippen molar-refractivity contribution in [2.75, 3.05) is 0 Å². The maximum Gasteiger partial charge on any atom is 0.312 e. The first kappa shape index (κ1) is 11.0. The van der Waals surface area contributed by atoms with E-state index >= 15 is 0 Å². The lowest BCUT2D eigenvalue weighted by Crippen LogP contribution is -1.96. The maximum atomic E-state index is 10.5. The van der Waals surface area contributed by atoms with Crippen LogP contribution in [0.1, 0.15) is 5.69 Å². The number of hydrogen-bond acceptors (Lipinski definition) is 4. The molecule has 0 spiro atoms. The molecule has 0 radical (unpaired) electrons. The zero-order valence-electron chi connectivity index (χ0n) is 6.29. The van der Waals surface area contributed by atoms with E-state index in [9.17, 15) is 10.1 Å². The molecule has 0 bridgehead atoms. The third-order valence-electron chi connectivity index (χ3n) is 1.30. The highest BCUT2D eigenvalue weighted by atomic mass is 35.5. The van der Waals surface area contributed by atoms with Crippen molar-refractivity contribution >= 4 is 40.5 Å². The van der Waals surface area contributed by atoms with Crippen molar-refractivity contribution < 1.29 is 4.92 Å². The summed E-state index contributed by atoms with van der Waals surface area (Å²) in [6.45, 7) is 0. The third-order valence-corrected chi connectivity index (χ3v) is 2.39. The summed E-state index contributed by atoms with van der Waals surface area (Å²) in [6, 6.07) is 1.57. The van der Waals surface area contributed by atoms with Crippen molar-refractivity contribution in [2.24, 2.45) is 0 Å². The SMILES string of the molecule is N#Cc1nc(Cl)c(Cl)c([N+](=O)[O-])c1Cl. The molecular weight excluding hydrogens is 252 g/mol. The molecule has 0 saturated carbocycles. The highest BCUT2D eigenvalue weighted by Gasteiger charge is 2.25. The van der Waals surface area contributed by atoms with E-state index in [2.05, 4.69) is 4.98 Å². The second-order valence-corrected chi connectivity index (χ2v) is 3.21. The highest BCUT2D eigenvalue weighted by molar-refractivity contribution is 6.45. The third kappa shape index (κ3) is 1.73. The number of aromatic nitrogens is 1. The van der Waals surface area contributed by atoms with Crippen LogP contribution in [0.25, 0.3) is 0 Å². The molecule has 0 atom stereocenters. The molecule has 5 nitrogen and oxygen atoms in total. The smallest absolute Gasteiger partial charge is 0.258 e. The molecule has 0 unspecified atom stereocenters. The molecule has 14 heavy (non-hydrogen) atoms. The fourth-order valence-corrected chi connectivity index (χ4v) is 1.41. The minimum absolute atomic E-state index is 0.320. The molecule has 1 rings (SSSR count). The molecule has 0 amide bonds. The zero-order chi connectivity index (χ0) is 10.9. The Morgan fingerprint density at radius 1 is 1.36 bits per heavy atom. The van der Waals surface area contributed by atoms with Crippen LogP contribution in [0.2, 0.25) is 15.2 Å². The molecule has 0 aromatic carbocycles. The molecule has 0 N–H and O–H groups in total. The predicted octanol–water partition coefficient (Wildman–Crippen LogP) is 2.82. The molecule has 72 valence electrons. The average Bonchev–Trinajstić information content (AvgIpc) is 2.11. The van der Waals surface area contributed by atoms with E-state index in [1.54, 1.807) is 6.07 Å². The lowest BCUT2D eigenvalue weighted by atomic mass is 10.3. The van der Waals surface area contributed by atoms with Crippen LogP contribution in [-0.2, 0) is 0 Å². The number of hydrogen-bond donors (Lipinski definition) is 0. The van der Waals surface area contributed by atoms with E-state index < -0.39 is 15.6 Å². The first-order chi connectivity index (χ1) is 6.49. The summed E-state index contributed by atoms with van der Waals surface area (Å²) >= 11 is 16.5. The Kier molecular flexibility index (Phi) is 3.11. The number of rotatable bonds is 1. The van der Waals surface area contributed by atoms with Gasteiger partial charge in [-0.25, -0.2) is 4.98 Å². The minimum Gasteiger partial charge on any atom is -0.258 e. The van der Waals surface area contributed by atoms with Crippen LogP contribution in [0, 0.1) is 21.4 Å². The molecule has 0 aliphatic heterocycles. The van der Waals surface area contributed by atoms with Crippen molar-refractivity contribution in [3.05, 3.63) is 31.0 Å². The van der Waals surface area contributed by atoms with Gasteiger partial charge in [0.25, 0.3) is 0 Å². The van der Waals surface area contributed by atoms with Crippen molar-refractivity contribution in [1.29, 1.82) is 5.26 Å². The van der Waals surface area contributed by atoms with Crippen LogP contribution in [0.4, 0.5) is 5.69 Å². The standard InChI is InChI=1S/C6Cl3N3O2/c7-3-2(1-10)11-6(9)4(8)5(3)12(13)14. The summed E-state index contributed by atoms with van der Waals surface area (Å²) in [7, 11) is 0. The van der Waals surface area contributed by atoms with Gasteiger partial charge >= 0.3 is 5.69 Å². The van der Waals surface area contributed by atoms with E-state index in [0.717, 1.165) is 0 Å². The number of pyridine rings is 1. The number of halogens is 3. The molecule has 0 aliphatic rings. The van der Waals surface area contributed by atoms with Gasteiger partial charge in [-0.15, -0.1) is 0 Å². The summed E-state index contributed by atoms with van der Waals surface area (Å²) in [6.07, 6.45) is 0. The number of nitro groups is 1. The van der Waals surface area contributed by atoms with E-state index in [1.807, 2.05) is 0 Å². The van der Waals surface area contributed by atoms with Crippen LogP contribution >= 0.6 is 34.8 Å². The van der Waals surface area contributed by atoms with E-state index in [-0.39, 0.29) is 15.9 Å². The van der Waals surface area contributed by atoms with Gasteiger partial charge in [-0.1, -0.05) is 34.8 Å². The number of nitrogens with zero attached hydrogens (tertiary/aromatic N) is 3. The van der Waals surface area contributed by atoms with Gasteiger partial charge in [0.15, 0.2) is 20.9 Å². The van der Waals surface area contributed by atoms with Crippen molar-refractivity contribution in [2.45, 2.75) is 0 Å². The van der Waals surface area contributed by atoms with Crippen LogP contribution < -0.4 is 0 Å². The van der Waals surface area contributed by atoms with Crippen LogP contribution in [0.15, 0.2) is 0 Å². The Morgan fingerprint density at radius 2 is 1.93 bits per heavy atom. The molecule has 1 heterocycles. The van der Waals surface area contributed by atoms with Crippen molar-refractivity contribution in [3.8, 4) is 6.07 Å². The van der Waals surface area contributed by atoms with E-state index in [0.29, 0.717) is 0 Å². The van der Waals surface area contributed by atoms with Gasteiger partial charge in [0, 0.05) is 0 Å². The van der Waals surface area contributed by atoms with Crippen LogP contribution in [0.5, 0.6) is 0 Å². The summed E-state index contributed by atoms with van der Waals surface area (Å²) < 4.78 is 0. The van der Waals surface area contributed by atoms with Gasteiger partial charge in [-0.05, 0) is 0 Å².